The Morgan fingerprint density at radius 2 is 1.89 bits per heavy atom. The average molecular weight is 249 g/mol. The van der Waals surface area contributed by atoms with Crippen LogP contribution < -0.4 is 11.5 Å². The molecule has 5 nitrogen and oxygen atoms in total. The van der Waals surface area contributed by atoms with Crippen LogP contribution in [0.5, 0.6) is 0 Å². The maximum Gasteiger partial charge on any atom is 0.239 e. The van der Waals surface area contributed by atoms with Gasteiger partial charge in [0.1, 0.15) is 0 Å². The van der Waals surface area contributed by atoms with E-state index in [0.717, 1.165) is 12.0 Å². The third-order valence-corrected chi connectivity index (χ3v) is 2.69. The Hall–Kier alpha value is -1.88. The van der Waals surface area contributed by atoms with Crippen molar-refractivity contribution in [1.29, 1.82) is 0 Å². The van der Waals surface area contributed by atoms with E-state index < -0.39 is 11.9 Å². The van der Waals surface area contributed by atoms with Gasteiger partial charge in [0.2, 0.25) is 11.8 Å². The predicted octanol–water partition coefficient (Wildman–Crippen LogP) is -0.110. The number of nitrogens with two attached hydrogens (primary N) is 2. The molecular weight excluding hydrogens is 230 g/mol. The Kier molecular flexibility index (Phi) is 5.32. The second-order valence-corrected chi connectivity index (χ2v) is 4.27. The molecule has 0 aliphatic carbocycles. The van der Waals surface area contributed by atoms with Crippen molar-refractivity contribution in [2.45, 2.75) is 18.9 Å². The van der Waals surface area contributed by atoms with E-state index in [0.29, 0.717) is 6.54 Å². The Labute approximate surface area is 107 Å². The SMILES string of the molecule is CN(CCc1ccccc1)C(=O)[C@H](N)CC(N)=O. The standard InChI is InChI=1S/C13H19N3O2/c1-16(13(18)11(14)9-12(15)17)8-7-10-5-3-2-4-6-10/h2-6,11H,7-9,14H2,1H3,(H2,15,17)/t11-/m1/s1. The number of carbonyl (C=O) groups excluding carboxylic acids is 2. The first-order valence-corrected chi connectivity index (χ1v) is 5.83. The summed E-state index contributed by atoms with van der Waals surface area (Å²) >= 11 is 0. The summed E-state index contributed by atoms with van der Waals surface area (Å²) in [5.74, 6) is -0.822. The third kappa shape index (κ3) is 4.55. The molecule has 0 aliphatic heterocycles. The first-order chi connectivity index (χ1) is 8.50. The molecule has 1 rings (SSSR count). The van der Waals surface area contributed by atoms with Crippen LogP contribution in [0, 0.1) is 0 Å². The van der Waals surface area contributed by atoms with Crippen molar-refractivity contribution in [1.82, 2.24) is 4.90 Å². The summed E-state index contributed by atoms with van der Waals surface area (Å²) in [5.41, 5.74) is 11.8. The van der Waals surface area contributed by atoms with Gasteiger partial charge >= 0.3 is 0 Å². The van der Waals surface area contributed by atoms with E-state index in [2.05, 4.69) is 0 Å². The minimum absolute atomic E-state index is 0.117. The van der Waals surface area contributed by atoms with Crippen LogP contribution in [0.25, 0.3) is 0 Å². The fraction of sp³-hybridized carbons (Fsp3) is 0.385. The molecule has 1 atom stereocenters. The first-order valence-electron chi connectivity index (χ1n) is 5.83. The smallest absolute Gasteiger partial charge is 0.239 e. The van der Waals surface area contributed by atoms with Crippen LogP contribution >= 0.6 is 0 Å². The van der Waals surface area contributed by atoms with Crippen LogP contribution in [0.15, 0.2) is 30.3 Å². The highest BCUT2D eigenvalue weighted by atomic mass is 16.2. The Morgan fingerprint density at radius 1 is 1.28 bits per heavy atom. The number of likely N-dealkylation sites (N-methyl/N-ethyl adjacent to an activating group) is 1. The molecule has 0 fully saturated rings. The molecule has 0 aliphatic rings. The van der Waals surface area contributed by atoms with Crippen LogP contribution in [0.1, 0.15) is 12.0 Å². The van der Waals surface area contributed by atoms with E-state index in [1.807, 2.05) is 30.3 Å². The monoisotopic (exact) mass is 249 g/mol. The summed E-state index contributed by atoms with van der Waals surface area (Å²) in [6.45, 7) is 0.565. The van der Waals surface area contributed by atoms with Crippen molar-refractivity contribution in [3.8, 4) is 0 Å². The number of hydrogen-bond donors (Lipinski definition) is 2. The molecule has 5 heteroatoms. The lowest BCUT2D eigenvalue weighted by atomic mass is 10.1. The molecule has 0 saturated carbocycles. The maximum atomic E-state index is 11.8. The number of rotatable bonds is 6. The molecule has 0 bridgehead atoms. The van der Waals surface area contributed by atoms with Crippen LogP contribution in [0.2, 0.25) is 0 Å². The van der Waals surface area contributed by atoms with Crippen molar-refractivity contribution in [2.75, 3.05) is 13.6 Å². The molecule has 1 aromatic carbocycles. The lowest BCUT2D eigenvalue weighted by Crippen LogP contribution is -2.44. The summed E-state index contributed by atoms with van der Waals surface area (Å²) in [6.07, 6.45) is 0.640. The van der Waals surface area contributed by atoms with Gasteiger partial charge in [-0.05, 0) is 12.0 Å². The van der Waals surface area contributed by atoms with Crippen LogP contribution in [-0.4, -0.2) is 36.3 Å². The largest absolute Gasteiger partial charge is 0.370 e. The molecule has 0 radical (unpaired) electrons. The molecule has 18 heavy (non-hydrogen) atoms. The van der Waals surface area contributed by atoms with E-state index in [1.54, 1.807) is 7.05 Å². The van der Waals surface area contributed by atoms with Crippen molar-refractivity contribution in [3.05, 3.63) is 35.9 Å². The van der Waals surface area contributed by atoms with Crippen LogP contribution in [-0.2, 0) is 16.0 Å². The van der Waals surface area contributed by atoms with Gasteiger partial charge in [0, 0.05) is 13.6 Å². The van der Waals surface area contributed by atoms with Crippen molar-refractivity contribution in [2.24, 2.45) is 11.5 Å². The van der Waals surface area contributed by atoms with Gasteiger partial charge in [-0.1, -0.05) is 30.3 Å². The number of benzene rings is 1. The van der Waals surface area contributed by atoms with Crippen molar-refractivity contribution in [3.63, 3.8) is 0 Å². The molecule has 0 saturated heterocycles. The zero-order valence-corrected chi connectivity index (χ0v) is 10.5. The Balaban J connectivity index is 2.43. The molecule has 0 unspecified atom stereocenters. The zero-order chi connectivity index (χ0) is 13.5. The van der Waals surface area contributed by atoms with Crippen molar-refractivity contribution < 1.29 is 9.59 Å². The van der Waals surface area contributed by atoms with Gasteiger partial charge in [-0.15, -0.1) is 0 Å². The molecule has 0 heterocycles. The summed E-state index contributed by atoms with van der Waals surface area (Å²) in [4.78, 5) is 24.0. The zero-order valence-electron chi connectivity index (χ0n) is 10.5. The van der Waals surface area contributed by atoms with Gasteiger partial charge in [0.05, 0.1) is 12.5 Å². The van der Waals surface area contributed by atoms with Gasteiger partial charge in [0.25, 0.3) is 0 Å². The van der Waals surface area contributed by atoms with E-state index >= 15 is 0 Å². The number of hydrogen-bond acceptors (Lipinski definition) is 3. The number of carbonyl (C=O) groups is 2. The molecule has 0 spiro atoms. The topological polar surface area (TPSA) is 89.4 Å². The van der Waals surface area contributed by atoms with Gasteiger partial charge in [-0.3, -0.25) is 9.59 Å². The highest BCUT2D eigenvalue weighted by Gasteiger charge is 2.19. The van der Waals surface area contributed by atoms with Gasteiger partial charge < -0.3 is 16.4 Å². The van der Waals surface area contributed by atoms with E-state index in [9.17, 15) is 9.59 Å². The highest BCUT2D eigenvalue weighted by molar-refractivity contribution is 5.87. The number of primary amides is 1. The Bertz CT molecular complexity index is 406. The minimum Gasteiger partial charge on any atom is -0.370 e. The number of amides is 2. The first kappa shape index (κ1) is 14.2. The average Bonchev–Trinajstić information content (AvgIpc) is 2.35. The predicted molar refractivity (Wildman–Crippen MR) is 69.6 cm³/mol. The van der Waals surface area contributed by atoms with E-state index in [4.69, 9.17) is 11.5 Å². The fourth-order valence-corrected chi connectivity index (χ4v) is 1.64. The Morgan fingerprint density at radius 3 is 2.44 bits per heavy atom. The number of nitrogens with zero attached hydrogens (tertiary/aromatic N) is 1. The highest BCUT2D eigenvalue weighted by Crippen LogP contribution is 2.02. The third-order valence-electron chi connectivity index (χ3n) is 2.69. The lowest BCUT2D eigenvalue weighted by Gasteiger charge is -2.20. The quantitative estimate of drug-likeness (QED) is 0.737. The molecule has 98 valence electrons. The summed E-state index contributed by atoms with van der Waals surface area (Å²) in [7, 11) is 1.67. The lowest BCUT2D eigenvalue weighted by molar-refractivity contribution is -0.133. The fourth-order valence-electron chi connectivity index (χ4n) is 1.64. The second kappa shape index (κ2) is 6.76. The molecule has 4 N–H and O–H groups in total. The minimum atomic E-state index is -0.844. The molecule has 1 aromatic rings. The summed E-state index contributed by atoms with van der Waals surface area (Å²) in [6, 6.07) is 9.01. The van der Waals surface area contributed by atoms with Gasteiger partial charge in [-0.25, -0.2) is 0 Å². The van der Waals surface area contributed by atoms with Gasteiger partial charge in [0.15, 0.2) is 0 Å². The van der Waals surface area contributed by atoms with Crippen LogP contribution in [0.3, 0.4) is 0 Å². The maximum absolute atomic E-state index is 11.8. The normalized spacial score (nSPS) is 11.9. The summed E-state index contributed by atoms with van der Waals surface area (Å²) < 4.78 is 0. The molecule has 0 aromatic heterocycles. The van der Waals surface area contributed by atoms with E-state index in [-0.39, 0.29) is 12.3 Å². The van der Waals surface area contributed by atoms with E-state index in [1.165, 1.54) is 4.90 Å². The molecular formula is C13H19N3O2. The summed E-state index contributed by atoms with van der Waals surface area (Å²) in [5, 5.41) is 0. The second-order valence-electron chi connectivity index (χ2n) is 4.27. The van der Waals surface area contributed by atoms with Gasteiger partial charge in [-0.2, -0.15) is 0 Å². The molecule has 2 amide bonds. The van der Waals surface area contributed by atoms with Crippen LogP contribution in [0.4, 0.5) is 0 Å². The van der Waals surface area contributed by atoms with Crippen molar-refractivity contribution >= 4 is 11.8 Å².